The third kappa shape index (κ3) is 4.01. The molecule has 1 fully saturated rings. The van der Waals surface area contributed by atoms with Gasteiger partial charge in [-0.1, -0.05) is 0 Å². The molecule has 1 heterocycles. The van der Waals surface area contributed by atoms with Crippen molar-refractivity contribution in [1.82, 2.24) is 10.2 Å². The van der Waals surface area contributed by atoms with Crippen LogP contribution in [0.2, 0.25) is 0 Å². The van der Waals surface area contributed by atoms with Gasteiger partial charge in [0, 0.05) is 0 Å². The molecular formula is C8H20N4. The first kappa shape index (κ1) is 9.92. The van der Waals surface area contributed by atoms with Crippen molar-refractivity contribution < 1.29 is 0 Å². The van der Waals surface area contributed by atoms with Crippen LogP contribution in [0.15, 0.2) is 0 Å². The number of nitrogens with one attached hydrogen (secondary N) is 1. The van der Waals surface area contributed by atoms with Crippen molar-refractivity contribution >= 4 is 0 Å². The maximum atomic E-state index is 5.34. The first-order valence-corrected chi connectivity index (χ1v) is 4.76. The average molecular weight is 172 g/mol. The van der Waals surface area contributed by atoms with Crippen LogP contribution in [0.3, 0.4) is 0 Å². The van der Waals surface area contributed by atoms with E-state index >= 15 is 0 Å². The van der Waals surface area contributed by atoms with E-state index in [1.54, 1.807) is 0 Å². The van der Waals surface area contributed by atoms with Crippen LogP contribution >= 0.6 is 0 Å². The molecule has 0 amide bonds. The molecule has 0 bridgehead atoms. The molecule has 0 aromatic carbocycles. The van der Waals surface area contributed by atoms with Crippen LogP contribution in [-0.2, 0) is 0 Å². The molecule has 72 valence electrons. The minimum Gasteiger partial charge on any atom is -0.304 e. The van der Waals surface area contributed by atoms with Crippen molar-refractivity contribution in [3.8, 4) is 0 Å². The van der Waals surface area contributed by atoms with E-state index in [1.165, 1.54) is 32.5 Å². The normalized spacial score (nSPS) is 19.2. The van der Waals surface area contributed by atoms with Crippen molar-refractivity contribution in [2.45, 2.75) is 25.6 Å². The van der Waals surface area contributed by atoms with E-state index in [0.717, 1.165) is 13.0 Å². The quantitative estimate of drug-likeness (QED) is 0.377. The van der Waals surface area contributed by atoms with E-state index < -0.39 is 0 Å². The fourth-order valence-electron chi connectivity index (χ4n) is 1.58. The smallest absolute Gasteiger partial charge is 0.106 e. The summed E-state index contributed by atoms with van der Waals surface area (Å²) in [4.78, 5) is 2.49. The van der Waals surface area contributed by atoms with Crippen molar-refractivity contribution in [3.05, 3.63) is 0 Å². The average Bonchev–Trinajstić information content (AvgIpc) is 2.49. The lowest BCUT2D eigenvalue weighted by Gasteiger charge is -2.15. The summed E-state index contributed by atoms with van der Waals surface area (Å²) in [6, 6.07) is 0. The van der Waals surface area contributed by atoms with Crippen molar-refractivity contribution in [2.24, 2.45) is 11.5 Å². The molecule has 1 rings (SSSR count). The molecule has 0 saturated carbocycles. The zero-order valence-corrected chi connectivity index (χ0v) is 7.63. The highest BCUT2D eigenvalue weighted by atomic mass is 15.2. The zero-order chi connectivity index (χ0) is 8.81. The summed E-state index contributed by atoms with van der Waals surface area (Å²) in [7, 11) is 0. The Bertz CT molecular complexity index is 110. The molecule has 0 unspecified atom stereocenters. The van der Waals surface area contributed by atoms with Gasteiger partial charge in [-0.3, -0.25) is 5.32 Å². The summed E-state index contributed by atoms with van der Waals surface area (Å²) in [5, 5.41) is 3.00. The molecule has 1 aliphatic heterocycles. The molecule has 0 aromatic heterocycles. The third-order valence-electron chi connectivity index (χ3n) is 2.23. The Kier molecular flexibility index (Phi) is 4.53. The van der Waals surface area contributed by atoms with Crippen molar-refractivity contribution in [2.75, 3.05) is 26.2 Å². The van der Waals surface area contributed by atoms with Gasteiger partial charge in [-0.25, -0.2) is 0 Å². The van der Waals surface area contributed by atoms with Crippen molar-refractivity contribution in [3.63, 3.8) is 0 Å². The summed E-state index contributed by atoms with van der Waals surface area (Å²) in [5.41, 5.74) is 10.7. The van der Waals surface area contributed by atoms with Crippen LogP contribution in [0.4, 0.5) is 0 Å². The van der Waals surface area contributed by atoms with Gasteiger partial charge in [0.25, 0.3) is 0 Å². The molecule has 0 spiro atoms. The lowest BCUT2D eigenvalue weighted by Crippen LogP contribution is -2.45. The number of nitrogens with two attached hydrogens (primary N) is 2. The molecule has 0 atom stereocenters. The standard InChI is InChI=1S/C8H20N4/c9-8(10)11-4-3-7-12-5-1-2-6-12/h8,11H,1-7,9-10H2. The van der Waals surface area contributed by atoms with E-state index in [2.05, 4.69) is 10.2 Å². The van der Waals surface area contributed by atoms with Gasteiger partial charge in [-0.05, 0) is 45.4 Å². The van der Waals surface area contributed by atoms with Gasteiger partial charge in [-0.2, -0.15) is 0 Å². The number of rotatable bonds is 5. The molecule has 1 aliphatic rings. The van der Waals surface area contributed by atoms with E-state index in [9.17, 15) is 0 Å². The first-order chi connectivity index (χ1) is 5.79. The lowest BCUT2D eigenvalue weighted by atomic mass is 10.4. The topological polar surface area (TPSA) is 67.3 Å². The monoisotopic (exact) mass is 172 g/mol. The number of hydrogen-bond donors (Lipinski definition) is 3. The Morgan fingerprint density at radius 1 is 1.25 bits per heavy atom. The van der Waals surface area contributed by atoms with Gasteiger partial charge in [0.1, 0.15) is 6.29 Å². The highest BCUT2D eigenvalue weighted by Gasteiger charge is 2.09. The van der Waals surface area contributed by atoms with E-state index in [0.29, 0.717) is 0 Å². The number of likely N-dealkylation sites (tertiary alicyclic amines) is 1. The Labute approximate surface area is 74.3 Å². The zero-order valence-electron chi connectivity index (χ0n) is 7.63. The molecule has 5 N–H and O–H groups in total. The molecule has 0 radical (unpaired) electrons. The van der Waals surface area contributed by atoms with Gasteiger partial charge >= 0.3 is 0 Å². The van der Waals surface area contributed by atoms with Crippen LogP contribution in [0, 0.1) is 0 Å². The maximum Gasteiger partial charge on any atom is 0.106 e. The highest BCUT2D eigenvalue weighted by Crippen LogP contribution is 2.06. The highest BCUT2D eigenvalue weighted by molar-refractivity contribution is 4.66. The molecule has 1 saturated heterocycles. The fourth-order valence-corrected chi connectivity index (χ4v) is 1.58. The second-order valence-electron chi connectivity index (χ2n) is 3.38. The maximum absolute atomic E-state index is 5.34. The Hall–Kier alpha value is -0.160. The lowest BCUT2D eigenvalue weighted by molar-refractivity contribution is 0.328. The van der Waals surface area contributed by atoms with Crippen molar-refractivity contribution in [1.29, 1.82) is 0 Å². The third-order valence-corrected chi connectivity index (χ3v) is 2.23. The van der Waals surface area contributed by atoms with Gasteiger partial charge in [-0.15, -0.1) is 0 Å². The number of hydrogen-bond acceptors (Lipinski definition) is 4. The van der Waals surface area contributed by atoms with Gasteiger partial charge < -0.3 is 16.4 Å². The molecule has 4 nitrogen and oxygen atoms in total. The summed E-state index contributed by atoms with van der Waals surface area (Å²) in [6.45, 7) is 4.65. The molecule has 4 heteroatoms. The largest absolute Gasteiger partial charge is 0.304 e. The second-order valence-corrected chi connectivity index (χ2v) is 3.38. The summed E-state index contributed by atoms with van der Waals surface area (Å²) in [5.74, 6) is 0. The molecular weight excluding hydrogens is 152 g/mol. The molecule has 12 heavy (non-hydrogen) atoms. The Morgan fingerprint density at radius 2 is 1.92 bits per heavy atom. The van der Waals surface area contributed by atoms with E-state index in [-0.39, 0.29) is 6.29 Å². The Balaban J connectivity index is 1.88. The van der Waals surface area contributed by atoms with Gasteiger partial charge in [0.05, 0.1) is 0 Å². The van der Waals surface area contributed by atoms with Crippen LogP contribution in [0.1, 0.15) is 19.3 Å². The first-order valence-electron chi connectivity index (χ1n) is 4.76. The van der Waals surface area contributed by atoms with E-state index in [4.69, 9.17) is 11.5 Å². The van der Waals surface area contributed by atoms with Crippen LogP contribution in [0.5, 0.6) is 0 Å². The van der Waals surface area contributed by atoms with E-state index in [1.807, 2.05) is 0 Å². The van der Waals surface area contributed by atoms with Crippen LogP contribution in [-0.4, -0.2) is 37.4 Å². The predicted molar refractivity (Wildman–Crippen MR) is 50.5 cm³/mol. The minimum atomic E-state index is -0.358. The van der Waals surface area contributed by atoms with Gasteiger partial charge in [0.15, 0.2) is 0 Å². The fraction of sp³-hybridized carbons (Fsp3) is 1.00. The SMILES string of the molecule is NC(N)NCCCN1CCCC1. The minimum absolute atomic E-state index is 0.358. The van der Waals surface area contributed by atoms with Gasteiger partial charge in [0.2, 0.25) is 0 Å². The number of nitrogens with zero attached hydrogens (tertiary/aromatic N) is 1. The molecule has 0 aromatic rings. The van der Waals surface area contributed by atoms with Crippen LogP contribution in [0.25, 0.3) is 0 Å². The van der Waals surface area contributed by atoms with Crippen LogP contribution < -0.4 is 16.8 Å². The Morgan fingerprint density at radius 3 is 2.50 bits per heavy atom. The predicted octanol–water partition coefficient (Wildman–Crippen LogP) is -0.737. The molecule has 0 aliphatic carbocycles. The summed E-state index contributed by atoms with van der Waals surface area (Å²) >= 11 is 0. The summed E-state index contributed by atoms with van der Waals surface area (Å²) in [6.07, 6.45) is 3.52. The summed E-state index contributed by atoms with van der Waals surface area (Å²) < 4.78 is 0. The second kappa shape index (κ2) is 5.48.